The number of ketones is 1. The van der Waals surface area contributed by atoms with Gasteiger partial charge in [-0.2, -0.15) is 13.2 Å². The molecule has 3 nitrogen and oxygen atoms in total. The zero-order chi connectivity index (χ0) is 15.6. The lowest BCUT2D eigenvalue weighted by Crippen LogP contribution is -2.31. The van der Waals surface area contributed by atoms with Crippen molar-refractivity contribution in [3.05, 3.63) is 0 Å². The molecule has 0 bridgehead atoms. The topological polar surface area (TPSA) is 51.2 Å². The van der Waals surface area contributed by atoms with Crippen LogP contribution in [0.5, 0.6) is 0 Å². The van der Waals surface area contributed by atoms with E-state index in [-0.39, 0.29) is 5.75 Å². The quantitative estimate of drug-likeness (QED) is 0.546. The maximum atomic E-state index is 12.0. The van der Waals surface area contributed by atoms with Gasteiger partial charge < -0.3 is 0 Å². The number of rotatable bonds is 11. The van der Waals surface area contributed by atoms with E-state index in [4.69, 9.17) is 0 Å². The molecule has 0 fully saturated rings. The molecule has 20 heavy (non-hydrogen) atoms. The molecule has 0 amide bonds. The number of hydrogen-bond donors (Lipinski definition) is 0. The molecule has 0 aromatic heterocycles. The number of halogens is 3. The lowest BCUT2D eigenvalue weighted by molar-refractivity contribution is -0.168. The zero-order valence-corrected chi connectivity index (χ0v) is 12.7. The van der Waals surface area contributed by atoms with Gasteiger partial charge in [0.15, 0.2) is 9.84 Å². The number of sulfone groups is 1. The van der Waals surface area contributed by atoms with E-state index >= 15 is 0 Å². The lowest BCUT2D eigenvalue weighted by atomic mass is 10.1. The highest BCUT2D eigenvalue weighted by Gasteiger charge is 2.40. The summed E-state index contributed by atoms with van der Waals surface area (Å²) in [5.74, 6) is -3.95. The summed E-state index contributed by atoms with van der Waals surface area (Å²) in [6, 6.07) is 0. The minimum Gasteiger partial charge on any atom is -0.288 e. The second kappa shape index (κ2) is 9.37. The Bertz CT molecular complexity index is 375. The fourth-order valence-electron chi connectivity index (χ4n) is 1.81. The SMILES string of the molecule is CCCCCCCCCCS(=O)(=O)CC(=O)C(F)(F)F. The molecular weight excluding hydrogens is 293 g/mol. The van der Waals surface area contributed by atoms with E-state index in [0.717, 1.165) is 32.1 Å². The monoisotopic (exact) mass is 316 g/mol. The minimum absolute atomic E-state index is 0.321. The van der Waals surface area contributed by atoms with Crippen molar-refractivity contribution in [2.75, 3.05) is 11.5 Å². The fraction of sp³-hybridized carbons (Fsp3) is 0.923. The summed E-state index contributed by atoms with van der Waals surface area (Å²) >= 11 is 0. The van der Waals surface area contributed by atoms with Gasteiger partial charge in [0.2, 0.25) is 0 Å². The van der Waals surface area contributed by atoms with E-state index in [1.54, 1.807) is 0 Å². The molecule has 0 rings (SSSR count). The first-order valence-electron chi connectivity index (χ1n) is 6.99. The zero-order valence-electron chi connectivity index (χ0n) is 11.8. The number of hydrogen-bond acceptors (Lipinski definition) is 3. The maximum absolute atomic E-state index is 12.0. The molecule has 0 unspecified atom stereocenters. The van der Waals surface area contributed by atoms with E-state index in [9.17, 15) is 26.4 Å². The average molecular weight is 316 g/mol. The van der Waals surface area contributed by atoms with Crippen LogP contribution >= 0.6 is 0 Å². The number of carbonyl (C=O) groups excluding carboxylic acids is 1. The third-order valence-electron chi connectivity index (χ3n) is 2.98. The van der Waals surface area contributed by atoms with Gasteiger partial charge in [0, 0.05) is 0 Å². The molecular formula is C13H23F3O3S. The van der Waals surface area contributed by atoms with E-state index in [2.05, 4.69) is 6.92 Å². The van der Waals surface area contributed by atoms with Crippen molar-refractivity contribution < 1.29 is 26.4 Å². The van der Waals surface area contributed by atoms with Crippen molar-refractivity contribution in [1.82, 2.24) is 0 Å². The largest absolute Gasteiger partial charge is 0.451 e. The Morgan fingerprint density at radius 1 is 0.900 bits per heavy atom. The number of carbonyl (C=O) groups is 1. The second-order valence-corrected chi connectivity index (χ2v) is 7.17. The molecule has 0 heterocycles. The van der Waals surface area contributed by atoms with E-state index < -0.39 is 27.5 Å². The van der Waals surface area contributed by atoms with Crippen LogP contribution in [-0.4, -0.2) is 31.9 Å². The second-order valence-electron chi connectivity index (χ2n) is 4.99. The Balaban J connectivity index is 3.76. The normalized spacial score (nSPS) is 12.6. The summed E-state index contributed by atoms with van der Waals surface area (Å²) in [7, 11) is -3.93. The summed E-state index contributed by atoms with van der Waals surface area (Å²) in [6.45, 7) is 2.12. The molecule has 0 N–H and O–H groups in total. The highest BCUT2D eigenvalue weighted by atomic mass is 32.2. The van der Waals surface area contributed by atoms with Gasteiger partial charge in [0.05, 0.1) is 5.75 Å². The van der Waals surface area contributed by atoms with Crippen LogP contribution < -0.4 is 0 Å². The van der Waals surface area contributed by atoms with E-state index in [0.29, 0.717) is 12.8 Å². The van der Waals surface area contributed by atoms with Crippen LogP contribution in [0.3, 0.4) is 0 Å². The molecule has 0 radical (unpaired) electrons. The Morgan fingerprint density at radius 2 is 1.35 bits per heavy atom. The molecule has 0 saturated carbocycles. The summed E-state index contributed by atoms with van der Waals surface area (Å²) < 4.78 is 58.5. The van der Waals surface area contributed by atoms with Crippen LogP contribution in [0.25, 0.3) is 0 Å². The third-order valence-corrected chi connectivity index (χ3v) is 4.59. The standard InChI is InChI=1S/C13H23F3O3S/c1-2-3-4-5-6-7-8-9-10-20(18,19)11-12(17)13(14,15)16/h2-11H2,1H3. The summed E-state index contributed by atoms with van der Waals surface area (Å²) in [5.41, 5.74) is 0. The van der Waals surface area contributed by atoms with Gasteiger partial charge in [0.1, 0.15) is 5.75 Å². The van der Waals surface area contributed by atoms with E-state index in [1.165, 1.54) is 6.42 Å². The van der Waals surface area contributed by atoms with Gasteiger partial charge in [-0.15, -0.1) is 0 Å². The first-order chi connectivity index (χ1) is 9.19. The van der Waals surface area contributed by atoms with Crippen molar-refractivity contribution in [2.45, 2.75) is 64.5 Å². The predicted octanol–water partition coefficient (Wildman–Crippen LogP) is 3.67. The Labute approximate surface area is 118 Å². The lowest BCUT2D eigenvalue weighted by Gasteiger charge is -2.06. The van der Waals surface area contributed by atoms with Gasteiger partial charge >= 0.3 is 6.18 Å². The first kappa shape index (κ1) is 19.4. The molecule has 7 heteroatoms. The van der Waals surface area contributed by atoms with Crippen LogP contribution in [0.15, 0.2) is 0 Å². The Morgan fingerprint density at radius 3 is 1.80 bits per heavy atom. The van der Waals surface area contributed by atoms with Gasteiger partial charge in [-0.3, -0.25) is 4.79 Å². The number of alkyl halides is 3. The number of Topliss-reactive ketones (excluding diaryl/α,β-unsaturated/α-hetero) is 1. The van der Waals surface area contributed by atoms with Crippen molar-refractivity contribution in [2.24, 2.45) is 0 Å². The molecule has 0 aliphatic heterocycles. The van der Waals surface area contributed by atoms with Gasteiger partial charge in [0.25, 0.3) is 5.78 Å². The van der Waals surface area contributed by atoms with Gasteiger partial charge in [-0.05, 0) is 6.42 Å². The van der Waals surface area contributed by atoms with Crippen molar-refractivity contribution >= 4 is 15.6 Å². The van der Waals surface area contributed by atoms with Crippen molar-refractivity contribution in [3.63, 3.8) is 0 Å². The molecule has 0 aliphatic carbocycles. The van der Waals surface area contributed by atoms with Crippen LogP contribution in [-0.2, 0) is 14.6 Å². The summed E-state index contributed by atoms with van der Waals surface area (Å²) in [4.78, 5) is 10.6. The van der Waals surface area contributed by atoms with Crippen molar-refractivity contribution in [3.8, 4) is 0 Å². The third kappa shape index (κ3) is 10.2. The molecule has 0 atom stereocenters. The maximum Gasteiger partial charge on any atom is 0.451 e. The highest BCUT2D eigenvalue weighted by Crippen LogP contribution is 2.17. The predicted molar refractivity (Wildman–Crippen MR) is 72.3 cm³/mol. The average Bonchev–Trinajstić information content (AvgIpc) is 2.30. The Hall–Kier alpha value is -0.590. The van der Waals surface area contributed by atoms with Crippen LogP contribution in [0.2, 0.25) is 0 Å². The van der Waals surface area contributed by atoms with Crippen LogP contribution in [0.4, 0.5) is 13.2 Å². The molecule has 0 aliphatic rings. The molecule has 0 aromatic carbocycles. The summed E-state index contributed by atoms with van der Waals surface area (Å²) in [6.07, 6.45) is 2.44. The van der Waals surface area contributed by atoms with Gasteiger partial charge in [-0.1, -0.05) is 51.9 Å². The van der Waals surface area contributed by atoms with Crippen LogP contribution in [0.1, 0.15) is 58.3 Å². The minimum atomic E-state index is -5.06. The highest BCUT2D eigenvalue weighted by molar-refractivity contribution is 7.92. The van der Waals surface area contributed by atoms with Gasteiger partial charge in [-0.25, -0.2) is 8.42 Å². The smallest absolute Gasteiger partial charge is 0.288 e. The molecule has 120 valence electrons. The fourth-order valence-corrected chi connectivity index (χ4v) is 3.16. The van der Waals surface area contributed by atoms with Crippen molar-refractivity contribution in [1.29, 1.82) is 0 Å². The van der Waals surface area contributed by atoms with E-state index in [1.807, 2.05) is 0 Å². The molecule has 0 spiro atoms. The summed E-state index contributed by atoms with van der Waals surface area (Å²) in [5, 5.41) is 0. The Kier molecular flexibility index (Phi) is 9.09. The van der Waals surface area contributed by atoms with Crippen LogP contribution in [0, 0.1) is 0 Å². The first-order valence-corrected chi connectivity index (χ1v) is 8.81. The molecule has 0 saturated heterocycles. The molecule has 0 aromatic rings. The number of unbranched alkanes of at least 4 members (excludes halogenated alkanes) is 7.